The molecule has 4 atom stereocenters. The van der Waals surface area contributed by atoms with Crippen molar-refractivity contribution in [2.75, 3.05) is 19.7 Å². The summed E-state index contributed by atoms with van der Waals surface area (Å²) in [6.07, 6.45) is 3.60. The summed E-state index contributed by atoms with van der Waals surface area (Å²) in [6, 6.07) is 15.2. The number of nitrogens with zero attached hydrogens (tertiary/aromatic N) is 2. The van der Waals surface area contributed by atoms with Gasteiger partial charge in [-0.25, -0.2) is 0 Å². The normalized spacial score (nSPS) is 22.9. The lowest BCUT2D eigenvalue weighted by atomic mass is 10.0. The Hall–Kier alpha value is -2.12. The summed E-state index contributed by atoms with van der Waals surface area (Å²) in [7, 11) is 0. The third-order valence-corrected chi connectivity index (χ3v) is 8.44. The van der Waals surface area contributed by atoms with Crippen molar-refractivity contribution < 1.29 is 14.3 Å². The molecule has 0 aliphatic carbocycles. The number of aryl methyl sites for hydroxylation is 1. The van der Waals surface area contributed by atoms with Crippen LogP contribution in [0.5, 0.6) is 0 Å². The fourth-order valence-electron chi connectivity index (χ4n) is 5.67. The molecular weight excluding hydrogens is 533 g/mol. The van der Waals surface area contributed by atoms with Crippen molar-refractivity contribution in [1.29, 1.82) is 0 Å². The van der Waals surface area contributed by atoms with Gasteiger partial charge in [0.25, 0.3) is 0 Å². The number of rotatable bonds is 9. The topological polar surface area (TPSA) is 61.9 Å². The number of ether oxygens (including phenoxy) is 1. The molecule has 0 radical (unpaired) electrons. The first-order valence-corrected chi connectivity index (χ1v) is 14.7. The van der Waals surface area contributed by atoms with Crippen LogP contribution in [0.25, 0.3) is 0 Å². The molecule has 6 nitrogen and oxygen atoms in total. The highest BCUT2D eigenvalue weighted by Crippen LogP contribution is 2.33. The number of carbonyl (C=O) groups excluding carboxylic acids is 2. The molecule has 1 N–H and O–H groups in total. The third kappa shape index (κ3) is 7.97. The van der Waals surface area contributed by atoms with Crippen molar-refractivity contribution >= 4 is 35.0 Å². The molecule has 0 bridgehead atoms. The summed E-state index contributed by atoms with van der Waals surface area (Å²) in [5.74, 6) is 0.249. The Morgan fingerprint density at radius 1 is 1.10 bits per heavy atom. The lowest BCUT2D eigenvalue weighted by Gasteiger charge is -2.34. The molecule has 4 rings (SSSR count). The van der Waals surface area contributed by atoms with Gasteiger partial charge in [0.1, 0.15) is 6.04 Å². The van der Waals surface area contributed by atoms with Crippen molar-refractivity contribution in [2.45, 2.75) is 83.6 Å². The smallest absolute Gasteiger partial charge is 0.245 e. The van der Waals surface area contributed by atoms with E-state index in [0.717, 1.165) is 37.8 Å². The maximum absolute atomic E-state index is 14.0. The number of amides is 2. The summed E-state index contributed by atoms with van der Waals surface area (Å²) in [5, 5.41) is 3.93. The van der Waals surface area contributed by atoms with Gasteiger partial charge in [0, 0.05) is 25.7 Å². The van der Waals surface area contributed by atoms with Crippen molar-refractivity contribution in [1.82, 2.24) is 15.1 Å². The van der Waals surface area contributed by atoms with E-state index in [9.17, 15) is 9.59 Å². The highest BCUT2D eigenvalue weighted by molar-refractivity contribution is 6.42. The van der Waals surface area contributed by atoms with Gasteiger partial charge in [-0.3, -0.25) is 14.5 Å². The van der Waals surface area contributed by atoms with E-state index in [1.54, 1.807) is 17.0 Å². The summed E-state index contributed by atoms with van der Waals surface area (Å²) >= 11 is 12.2. The van der Waals surface area contributed by atoms with E-state index in [1.807, 2.05) is 32.9 Å². The van der Waals surface area contributed by atoms with Gasteiger partial charge in [-0.2, -0.15) is 0 Å². The van der Waals surface area contributed by atoms with Gasteiger partial charge in [0.05, 0.1) is 28.3 Å². The zero-order valence-corrected chi connectivity index (χ0v) is 25.0. The number of fused-ring (bicyclic) bond motifs is 1. The lowest BCUT2D eigenvalue weighted by Crippen LogP contribution is -2.55. The fourth-order valence-corrected chi connectivity index (χ4v) is 5.99. The largest absolute Gasteiger partial charge is 0.373 e. The second-order valence-electron chi connectivity index (χ2n) is 12.0. The first-order valence-electron chi connectivity index (χ1n) is 14.0. The second kappa shape index (κ2) is 13.0. The Kier molecular flexibility index (Phi) is 9.97. The van der Waals surface area contributed by atoms with Crippen LogP contribution in [-0.2, 0) is 27.3 Å². The SMILES string of the molecule is C[C@@H]1C[C@H]2C(=O)N([C@H](COC(C)(C)C)C(=O)NCc3ccc(Cl)c(Cl)c3)CCC(CCc3ccccc3)N2C1. The van der Waals surface area contributed by atoms with Crippen LogP contribution < -0.4 is 5.32 Å². The van der Waals surface area contributed by atoms with Crippen LogP contribution in [0.15, 0.2) is 48.5 Å². The average molecular weight is 575 g/mol. The number of hydrogen-bond acceptors (Lipinski definition) is 4. The number of carbonyl (C=O) groups is 2. The summed E-state index contributed by atoms with van der Waals surface area (Å²) in [5.41, 5.74) is 1.71. The Labute approximate surface area is 243 Å². The zero-order chi connectivity index (χ0) is 28.2. The van der Waals surface area contributed by atoms with Crippen LogP contribution >= 0.6 is 23.2 Å². The monoisotopic (exact) mass is 573 g/mol. The van der Waals surface area contributed by atoms with Gasteiger partial charge in [-0.15, -0.1) is 0 Å². The first-order chi connectivity index (χ1) is 18.5. The molecule has 2 heterocycles. The predicted molar refractivity (Wildman–Crippen MR) is 157 cm³/mol. The van der Waals surface area contributed by atoms with Gasteiger partial charge in [0.2, 0.25) is 11.8 Å². The summed E-state index contributed by atoms with van der Waals surface area (Å²) in [6.45, 7) is 9.96. The van der Waals surface area contributed by atoms with E-state index in [0.29, 0.717) is 22.5 Å². The van der Waals surface area contributed by atoms with Crippen molar-refractivity contribution in [2.24, 2.45) is 5.92 Å². The number of halogens is 2. The van der Waals surface area contributed by atoms with E-state index in [1.165, 1.54) is 5.56 Å². The van der Waals surface area contributed by atoms with E-state index in [4.69, 9.17) is 27.9 Å². The molecule has 8 heteroatoms. The van der Waals surface area contributed by atoms with Crippen molar-refractivity contribution in [3.05, 3.63) is 69.7 Å². The molecule has 2 saturated heterocycles. The van der Waals surface area contributed by atoms with Gasteiger partial charge in [-0.05, 0) is 75.6 Å². The van der Waals surface area contributed by atoms with Crippen molar-refractivity contribution in [3.63, 3.8) is 0 Å². The van der Waals surface area contributed by atoms with E-state index >= 15 is 0 Å². The molecule has 212 valence electrons. The van der Waals surface area contributed by atoms with E-state index < -0.39 is 11.6 Å². The van der Waals surface area contributed by atoms with Crippen molar-refractivity contribution in [3.8, 4) is 0 Å². The van der Waals surface area contributed by atoms with E-state index in [2.05, 4.69) is 41.4 Å². The molecule has 2 aromatic rings. The minimum Gasteiger partial charge on any atom is -0.373 e. The summed E-state index contributed by atoms with van der Waals surface area (Å²) < 4.78 is 6.10. The lowest BCUT2D eigenvalue weighted by molar-refractivity contribution is -0.147. The second-order valence-corrected chi connectivity index (χ2v) is 12.8. The zero-order valence-electron chi connectivity index (χ0n) is 23.5. The molecule has 39 heavy (non-hydrogen) atoms. The Bertz CT molecular complexity index is 1140. The van der Waals surface area contributed by atoms with Gasteiger partial charge in [0.15, 0.2) is 0 Å². The molecule has 2 fully saturated rings. The van der Waals surface area contributed by atoms with Gasteiger partial charge in [-0.1, -0.05) is 66.5 Å². The van der Waals surface area contributed by atoms with Crippen LogP contribution in [0.2, 0.25) is 10.0 Å². The Morgan fingerprint density at radius 3 is 2.54 bits per heavy atom. The first kappa shape index (κ1) is 29.9. The summed E-state index contributed by atoms with van der Waals surface area (Å²) in [4.78, 5) is 31.9. The molecule has 0 spiro atoms. The molecule has 2 aliphatic rings. The molecular formula is C31H41Cl2N3O3. The van der Waals surface area contributed by atoms with Crippen LogP contribution in [0.4, 0.5) is 0 Å². The number of benzene rings is 2. The Morgan fingerprint density at radius 2 is 1.85 bits per heavy atom. The highest BCUT2D eigenvalue weighted by Gasteiger charge is 2.45. The van der Waals surface area contributed by atoms with Crippen LogP contribution in [-0.4, -0.2) is 65.0 Å². The maximum atomic E-state index is 14.0. The van der Waals surface area contributed by atoms with Crippen LogP contribution in [0.1, 0.15) is 58.1 Å². The number of nitrogens with one attached hydrogen (secondary N) is 1. The number of hydrogen-bond donors (Lipinski definition) is 1. The fraction of sp³-hybridized carbons (Fsp3) is 0.548. The van der Waals surface area contributed by atoms with Crippen LogP contribution in [0, 0.1) is 5.92 Å². The highest BCUT2D eigenvalue weighted by atomic mass is 35.5. The van der Waals surface area contributed by atoms with Gasteiger partial charge < -0.3 is 15.0 Å². The van der Waals surface area contributed by atoms with E-state index in [-0.39, 0.29) is 37.0 Å². The molecule has 1 unspecified atom stereocenters. The standard InChI is InChI=1S/C31H41Cl2N3O3/c1-21-16-27-30(38)35(15-14-24(36(27)19-21)12-10-22-8-6-5-7-9-22)28(20-39-31(2,3)4)29(37)34-18-23-11-13-25(32)26(33)17-23/h5-9,11,13,17,21,24,27-28H,10,12,14-16,18-20H2,1-4H3,(H,34,37)/t21-,24?,27+,28-/m1/s1. The molecule has 0 saturated carbocycles. The molecule has 0 aromatic heterocycles. The average Bonchev–Trinajstić information content (AvgIpc) is 3.23. The third-order valence-electron chi connectivity index (χ3n) is 7.70. The molecule has 2 amide bonds. The Balaban J connectivity index is 1.52. The molecule has 2 aromatic carbocycles. The predicted octanol–water partition coefficient (Wildman–Crippen LogP) is 5.74. The minimum atomic E-state index is -0.717. The molecule has 2 aliphatic heterocycles. The minimum absolute atomic E-state index is 0.0359. The van der Waals surface area contributed by atoms with Crippen LogP contribution in [0.3, 0.4) is 0 Å². The quantitative estimate of drug-likeness (QED) is 0.415. The van der Waals surface area contributed by atoms with Gasteiger partial charge >= 0.3 is 0 Å². The maximum Gasteiger partial charge on any atom is 0.245 e.